The van der Waals surface area contributed by atoms with E-state index in [4.69, 9.17) is 11.6 Å². The van der Waals surface area contributed by atoms with E-state index in [9.17, 15) is 27.9 Å². The molecule has 0 aliphatic heterocycles. The van der Waals surface area contributed by atoms with E-state index in [1.807, 2.05) is 6.20 Å². The predicted octanol–water partition coefficient (Wildman–Crippen LogP) is 6.76. The van der Waals surface area contributed by atoms with Crippen LogP contribution in [0, 0.1) is 22.7 Å². The molecular weight excluding hydrogens is 571 g/mol. The summed E-state index contributed by atoms with van der Waals surface area (Å²) in [5.74, 6) is -0.727. The minimum atomic E-state index is -4.81. The molecule has 2 N–H and O–H groups in total. The molecule has 0 aromatic carbocycles. The average molecular weight is 606 g/mol. The molecule has 12 heteroatoms. The maximum absolute atomic E-state index is 14.6. The molecule has 226 valence electrons. The SMILES string of the molecule is CC1(C)[C@@H]2C[C@H](N(CCc3c[nH]c4cncc(Cl)c34)C(=O)c3cnn([C@H]4CC[C@](C)(C(=O)O)CC4)c3C(F)(F)F)C[C@@H]21. The van der Waals surface area contributed by atoms with Crippen LogP contribution in [-0.4, -0.2) is 54.2 Å². The molecule has 0 bridgehead atoms. The number of nitrogens with zero attached hydrogens (tertiary/aromatic N) is 4. The summed E-state index contributed by atoms with van der Waals surface area (Å²) in [7, 11) is 0. The Labute approximate surface area is 246 Å². The Balaban J connectivity index is 1.30. The second kappa shape index (κ2) is 9.99. The number of carbonyl (C=O) groups excluding carboxylic acids is 1. The molecule has 3 saturated carbocycles. The number of H-pyrrole nitrogens is 1. The summed E-state index contributed by atoms with van der Waals surface area (Å²) < 4.78 is 44.8. The molecule has 3 aromatic rings. The molecule has 3 aromatic heterocycles. The van der Waals surface area contributed by atoms with Crippen LogP contribution in [0.1, 0.15) is 87.0 Å². The number of rotatable bonds is 7. The number of carboxylic acid groups (broad SMARTS) is 1. The number of nitrogens with one attached hydrogen (secondary N) is 1. The highest BCUT2D eigenvalue weighted by molar-refractivity contribution is 6.35. The first-order valence-corrected chi connectivity index (χ1v) is 14.9. The van der Waals surface area contributed by atoms with Gasteiger partial charge in [-0.2, -0.15) is 18.3 Å². The lowest BCUT2D eigenvalue weighted by atomic mass is 9.74. The zero-order chi connectivity index (χ0) is 30.2. The third-order valence-corrected chi connectivity index (χ3v) is 10.8. The number of alkyl halides is 3. The molecule has 3 fully saturated rings. The molecule has 1 amide bonds. The number of carbonyl (C=O) groups is 2. The molecule has 8 nitrogen and oxygen atoms in total. The maximum atomic E-state index is 14.6. The van der Waals surface area contributed by atoms with E-state index in [2.05, 4.69) is 28.9 Å². The summed E-state index contributed by atoms with van der Waals surface area (Å²) in [6, 6.07) is -0.802. The van der Waals surface area contributed by atoms with Gasteiger partial charge in [0.05, 0.1) is 40.0 Å². The van der Waals surface area contributed by atoms with E-state index >= 15 is 0 Å². The van der Waals surface area contributed by atoms with Gasteiger partial charge in [0.25, 0.3) is 5.91 Å². The molecule has 3 aliphatic rings. The summed E-state index contributed by atoms with van der Waals surface area (Å²) in [5.41, 5.74) is -0.659. The third kappa shape index (κ3) is 4.77. The first-order chi connectivity index (χ1) is 19.7. The van der Waals surface area contributed by atoms with Crippen LogP contribution < -0.4 is 0 Å². The zero-order valence-corrected chi connectivity index (χ0v) is 24.6. The fourth-order valence-corrected chi connectivity index (χ4v) is 7.94. The van der Waals surface area contributed by atoms with Gasteiger partial charge in [0.1, 0.15) is 0 Å². The summed E-state index contributed by atoms with van der Waals surface area (Å²) in [6.07, 6.45) is 4.14. The van der Waals surface area contributed by atoms with Gasteiger partial charge in [0, 0.05) is 30.4 Å². The van der Waals surface area contributed by atoms with Crippen molar-refractivity contribution in [2.75, 3.05) is 6.54 Å². The van der Waals surface area contributed by atoms with Gasteiger partial charge >= 0.3 is 12.1 Å². The number of pyridine rings is 1. The van der Waals surface area contributed by atoms with Gasteiger partial charge in [-0.25, -0.2) is 0 Å². The molecule has 0 saturated heterocycles. The zero-order valence-electron chi connectivity index (χ0n) is 23.8. The summed E-state index contributed by atoms with van der Waals surface area (Å²) in [5, 5.41) is 14.9. The van der Waals surface area contributed by atoms with Crippen molar-refractivity contribution >= 4 is 34.4 Å². The summed E-state index contributed by atoms with van der Waals surface area (Å²) >= 11 is 6.41. The van der Waals surface area contributed by atoms with Crippen LogP contribution in [0.2, 0.25) is 5.02 Å². The monoisotopic (exact) mass is 605 g/mol. The lowest BCUT2D eigenvalue weighted by Crippen LogP contribution is -2.42. The molecule has 3 aliphatic carbocycles. The van der Waals surface area contributed by atoms with Crippen LogP contribution in [0.5, 0.6) is 0 Å². The Morgan fingerprint density at radius 1 is 1.14 bits per heavy atom. The van der Waals surface area contributed by atoms with Crippen molar-refractivity contribution < 1.29 is 27.9 Å². The van der Waals surface area contributed by atoms with Gasteiger partial charge < -0.3 is 15.0 Å². The molecule has 0 spiro atoms. The van der Waals surface area contributed by atoms with Crippen molar-refractivity contribution in [1.29, 1.82) is 0 Å². The van der Waals surface area contributed by atoms with E-state index in [-0.39, 0.29) is 43.7 Å². The van der Waals surface area contributed by atoms with Gasteiger partial charge in [0.15, 0.2) is 5.69 Å². The lowest BCUT2D eigenvalue weighted by Gasteiger charge is -2.35. The van der Waals surface area contributed by atoms with Crippen LogP contribution >= 0.6 is 11.6 Å². The molecule has 42 heavy (non-hydrogen) atoms. The van der Waals surface area contributed by atoms with Gasteiger partial charge in [-0.05, 0) is 74.7 Å². The van der Waals surface area contributed by atoms with Crippen molar-refractivity contribution in [3.8, 4) is 0 Å². The predicted molar refractivity (Wildman–Crippen MR) is 150 cm³/mol. The van der Waals surface area contributed by atoms with Crippen LogP contribution in [0.4, 0.5) is 13.2 Å². The normalized spacial score (nSPS) is 28.5. The van der Waals surface area contributed by atoms with Crippen molar-refractivity contribution in [3.63, 3.8) is 0 Å². The molecule has 3 heterocycles. The smallest absolute Gasteiger partial charge is 0.433 e. The first kappa shape index (κ1) is 29.0. The number of carboxylic acids is 1. The van der Waals surface area contributed by atoms with Crippen molar-refractivity contribution in [3.05, 3.63) is 46.6 Å². The number of aromatic amines is 1. The number of fused-ring (bicyclic) bond motifs is 2. The molecule has 0 radical (unpaired) electrons. The molecular formula is C30H35ClF3N5O3. The van der Waals surface area contributed by atoms with E-state index in [0.29, 0.717) is 23.3 Å². The van der Waals surface area contributed by atoms with Crippen LogP contribution in [-0.2, 0) is 17.4 Å². The van der Waals surface area contributed by atoms with E-state index in [1.54, 1.807) is 24.2 Å². The minimum absolute atomic E-state index is 0.168. The Bertz CT molecular complexity index is 1520. The van der Waals surface area contributed by atoms with E-state index < -0.39 is 40.8 Å². The first-order valence-electron chi connectivity index (χ1n) is 14.5. The second-order valence-corrected chi connectivity index (χ2v) is 13.6. The van der Waals surface area contributed by atoms with Crippen LogP contribution in [0.15, 0.2) is 24.8 Å². The van der Waals surface area contributed by atoms with Crippen LogP contribution in [0.25, 0.3) is 10.9 Å². The maximum Gasteiger partial charge on any atom is 0.433 e. The quantitative estimate of drug-likeness (QED) is 0.310. The van der Waals surface area contributed by atoms with Gasteiger partial charge in [-0.3, -0.25) is 19.3 Å². The number of amides is 1. The highest BCUT2D eigenvalue weighted by Gasteiger charge is 2.63. The number of aromatic nitrogens is 4. The fraction of sp³-hybridized carbons (Fsp3) is 0.600. The van der Waals surface area contributed by atoms with Crippen LogP contribution in [0.3, 0.4) is 0 Å². The highest BCUT2D eigenvalue weighted by Crippen LogP contribution is 2.67. The Kier molecular flexibility index (Phi) is 6.90. The van der Waals surface area contributed by atoms with Gasteiger partial charge in [-0.1, -0.05) is 25.4 Å². The number of hydrogen-bond acceptors (Lipinski definition) is 4. The minimum Gasteiger partial charge on any atom is -0.481 e. The largest absolute Gasteiger partial charge is 0.481 e. The number of aliphatic carboxylic acids is 1. The van der Waals surface area contributed by atoms with Gasteiger partial charge in [0.2, 0.25) is 0 Å². The highest BCUT2D eigenvalue weighted by atomic mass is 35.5. The number of hydrogen-bond donors (Lipinski definition) is 2. The van der Waals surface area contributed by atoms with Crippen molar-refractivity contribution in [2.45, 2.75) is 84.0 Å². The lowest BCUT2D eigenvalue weighted by molar-refractivity contribution is -0.152. The third-order valence-electron chi connectivity index (χ3n) is 10.5. The Hall–Kier alpha value is -3.08. The second-order valence-electron chi connectivity index (χ2n) is 13.2. The fourth-order valence-electron chi connectivity index (χ4n) is 7.66. The average Bonchev–Trinajstić information content (AvgIpc) is 3.48. The molecule has 3 atom stereocenters. The molecule has 6 rings (SSSR count). The van der Waals surface area contributed by atoms with Crippen molar-refractivity contribution in [2.24, 2.45) is 22.7 Å². The molecule has 0 unspecified atom stereocenters. The number of halogens is 4. The standard InChI is InChI=1S/C30H35ClF3N5O3/c1-28(2)20-10-18(11-21(20)28)38(9-6-16-12-36-23-15-35-14-22(31)24(16)23)26(40)19-13-37-39(25(19)30(32,33)34)17-4-7-29(3,8-5-17)27(41)42/h12-15,17-18,20-21,36H,4-11H2,1-3H3,(H,41,42)/t17-,18-,20+,21-,29-. The Morgan fingerprint density at radius 3 is 2.43 bits per heavy atom. The topological polar surface area (TPSA) is 104 Å². The summed E-state index contributed by atoms with van der Waals surface area (Å²) in [4.78, 5) is 34.6. The van der Waals surface area contributed by atoms with Gasteiger partial charge in [-0.15, -0.1) is 0 Å². The van der Waals surface area contributed by atoms with E-state index in [1.165, 1.54) is 0 Å². The van der Waals surface area contributed by atoms with E-state index in [0.717, 1.165) is 40.2 Å². The van der Waals surface area contributed by atoms with Crippen molar-refractivity contribution in [1.82, 2.24) is 24.6 Å². The Morgan fingerprint density at radius 2 is 1.81 bits per heavy atom. The summed E-state index contributed by atoms with van der Waals surface area (Å²) in [6.45, 7) is 6.27.